The van der Waals surface area contributed by atoms with Crippen LogP contribution in [0.25, 0.3) is 0 Å². The van der Waals surface area contributed by atoms with Crippen molar-refractivity contribution >= 4 is 5.97 Å². The van der Waals surface area contributed by atoms with Gasteiger partial charge in [-0.25, -0.2) is 0 Å². The molecule has 0 amide bonds. The standard InChI is InChI=1S/C18H18O3/c1-7-3-4-9-5-6-18-8(2)14-16(21-17(18)19)12-13(18)11(9)10(7)15(12)20-14/h3-4,8,12-16H,5-6H2,1-2H3/t8?,12-,13-,14-,15+,16-,18-/m1/s1. The highest BCUT2D eigenvalue weighted by Gasteiger charge is 2.76. The number of rotatable bonds is 0. The van der Waals surface area contributed by atoms with Crippen molar-refractivity contribution in [1.29, 1.82) is 0 Å². The Bertz CT molecular complexity index is 723. The molecular weight excluding hydrogens is 264 g/mol. The van der Waals surface area contributed by atoms with Crippen LogP contribution >= 0.6 is 0 Å². The van der Waals surface area contributed by atoms with Crippen molar-refractivity contribution in [1.82, 2.24) is 0 Å². The molecule has 3 heteroatoms. The summed E-state index contributed by atoms with van der Waals surface area (Å²) in [6.45, 7) is 4.40. The van der Waals surface area contributed by atoms with Crippen LogP contribution in [-0.2, 0) is 20.7 Å². The Morgan fingerprint density at radius 1 is 1.24 bits per heavy atom. The van der Waals surface area contributed by atoms with Gasteiger partial charge >= 0.3 is 5.97 Å². The van der Waals surface area contributed by atoms with E-state index in [0.717, 1.165) is 12.8 Å². The van der Waals surface area contributed by atoms with Crippen molar-refractivity contribution in [3.05, 3.63) is 34.4 Å². The summed E-state index contributed by atoms with van der Waals surface area (Å²) in [5.74, 6) is 1.07. The van der Waals surface area contributed by atoms with Gasteiger partial charge in [-0.05, 0) is 42.0 Å². The van der Waals surface area contributed by atoms with Gasteiger partial charge in [-0.3, -0.25) is 4.79 Å². The average Bonchev–Trinajstić information content (AvgIpc) is 2.97. The van der Waals surface area contributed by atoms with Crippen molar-refractivity contribution in [2.24, 2.45) is 17.3 Å². The molecule has 4 fully saturated rings. The number of aryl methyl sites for hydroxylation is 2. The average molecular weight is 282 g/mol. The van der Waals surface area contributed by atoms with E-state index in [-0.39, 0.29) is 35.6 Å². The van der Waals surface area contributed by atoms with E-state index in [1.165, 1.54) is 22.3 Å². The zero-order chi connectivity index (χ0) is 14.1. The van der Waals surface area contributed by atoms with Crippen molar-refractivity contribution < 1.29 is 14.3 Å². The Morgan fingerprint density at radius 2 is 2.10 bits per heavy atom. The second-order valence-electron chi connectivity index (χ2n) is 7.64. The molecule has 0 radical (unpaired) electrons. The van der Waals surface area contributed by atoms with Crippen LogP contribution in [0.4, 0.5) is 0 Å². The molecule has 6 aliphatic rings. The molecule has 21 heavy (non-hydrogen) atoms. The number of hydrogen-bond acceptors (Lipinski definition) is 3. The zero-order valence-corrected chi connectivity index (χ0v) is 12.3. The summed E-state index contributed by atoms with van der Waals surface area (Å²) < 4.78 is 12.3. The Morgan fingerprint density at radius 3 is 2.95 bits per heavy atom. The first-order chi connectivity index (χ1) is 10.1. The summed E-state index contributed by atoms with van der Waals surface area (Å²) >= 11 is 0. The van der Waals surface area contributed by atoms with Gasteiger partial charge < -0.3 is 9.47 Å². The normalized spacial score (nSPS) is 50.5. The lowest BCUT2D eigenvalue weighted by molar-refractivity contribution is -0.215. The Balaban J connectivity index is 1.76. The molecule has 1 saturated carbocycles. The highest BCUT2D eigenvalue weighted by Crippen LogP contribution is 2.74. The first-order valence-electron chi connectivity index (χ1n) is 8.13. The molecule has 3 aliphatic heterocycles. The maximum atomic E-state index is 12.8. The minimum atomic E-state index is -0.315. The quantitative estimate of drug-likeness (QED) is 0.686. The SMILES string of the molecule is Cc1ccc2c3c1[C@@H]1O[C@@H]4C(C)[C@@]5(CC2)C(=O)O[C@@H]4[C@@H]1[C@@H]35. The van der Waals surface area contributed by atoms with Crippen molar-refractivity contribution in [2.75, 3.05) is 0 Å². The van der Waals surface area contributed by atoms with E-state index in [0.29, 0.717) is 11.8 Å². The van der Waals surface area contributed by atoms with Crippen molar-refractivity contribution in [3.63, 3.8) is 0 Å². The van der Waals surface area contributed by atoms with Gasteiger partial charge in [-0.1, -0.05) is 19.1 Å². The predicted molar refractivity (Wildman–Crippen MR) is 74.8 cm³/mol. The van der Waals surface area contributed by atoms with Gasteiger partial charge in [-0.15, -0.1) is 0 Å². The highest BCUT2D eigenvalue weighted by molar-refractivity contribution is 5.83. The first kappa shape index (κ1) is 11.2. The number of benzene rings is 1. The molecule has 3 saturated heterocycles. The number of carbonyl (C=O) groups is 1. The van der Waals surface area contributed by atoms with Crippen LogP contribution in [0.3, 0.4) is 0 Å². The van der Waals surface area contributed by atoms with Crippen LogP contribution in [-0.4, -0.2) is 18.2 Å². The van der Waals surface area contributed by atoms with Gasteiger partial charge in [0, 0.05) is 17.8 Å². The minimum absolute atomic E-state index is 0.0119. The molecule has 3 nitrogen and oxygen atoms in total. The van der Waals surface area contributed by atoms with E-state index in [1.807, 2.05) is 0 Å². The molecule has 1 aromatic rings. The monoisotopic (exact) mass is 282 g/mol. The fourth-order valence-corrected chi connectivity index (χ4v) is 6.40. The first-order valence-corrected chi connectivity index (χ1v) is 8.13. The summed E-state index contributed by atoms with van der Waals surface area (Å²) in [6, 6.07) is 4.51. The Labute approximate surface area is 123 Å². The van der Waals surface area contributed by atoms with Gasteiger partial charge in [0.25, 0.3) is 0 Å². The fraction of sp³-hybridized carbons (Fsp3) is 0.611. The van der Waals surface area contributed by atoms with Crippen LogP contribution in [0.15, 0.2) is 12.1 Å². The van der Waals surface area contributed by atoms with Crippen LogP contribution in [0, 0.1) is 24.2 Å². The molecule has 3 aliphatic carbocycles. The van der Waals surface area contributed by atoms with Gasteiger partial charge in [0.1, 0.15) is 6.10 Å². The molecule has 7 rings (SSSR count). The van der Waals surface area contributed by atoms with Crippen LogP contribution in [0.2, 0.25) is 0 Å². The Hall–Kier alpha value is -1.35. The number of fused-ring (bicyclic) bond motifs is 2. The largest absolute Gasteiger partial charge is 0.459 e. The Kier molecular flexibility index (Phi) is 1.63. The van der Waals surface area contributed by atoms with E-state index >= 15 is 0 Å². The number of ether oxygens (including phenoxy) is 2. The van der Waals surface area contributed by atoms with E-state index in [2.05, 4.69) is 26.0 Å². The molecule has 4 bridgehead atoms. The molecule has 0 aromatic heterocycles. The van der Waals surface area contributed by atoms with E-state index in [4.69, 9.17) is 9.47 Å². The highest BCUT2D eigenvalue weighted by atomic mass is 16.6. The molecule has 0 N–H and O–H groups in total. The van der Waals surface area contributed by atoms with Gasteiger partial charge in [0.15, 0.2) is 0 Å². The van der Waals surface area contributed by atoms with Crippen LogP contribution in [0.1, 0.15) is 47.6 Å². The van der Waals surface area contributed by atoms with Crippen LogP contribution < -0.4 is 0 Å². The lowest BCUT2D eigenvalue weighted by Crippen LogP contribution is -2.64. The zero-order valence-electron chi connectivity index (χ0n) is 12.3. The minimum Gasteiger partial charge on any atom is -0.459 e. The molecule has 7 atom stereocenters. The lowest BCUT2D eigenvalue weighted by Gasteiger charge is -2.57. The lowest BCUT2D eigenvalue weighted by atomic mass is 9.49. The third-order valence-electron chi connectivity index (χ3n) is 7.22. The second kappa shape index (κ2) is 3.05. The summed E-state index contributed by atoms with van der Waals surface area (Å²) in [6.07, 6.45) is 2.21. The second-order valence-corrected chi connectivity index (χ2v) is 7.64. The van der Waals surface area contributed by atoms with E-state index in [9.17, 15) is 4.79 Å². The third-order valence-corrected chi connectivity index (χ3v) is 7.22. The molecule has 1 aromatic carbocycles. The van der Waals surface area contributed by atoms with Crippen molar-refractivity contribution in [3.8, 4) is 0 Å². The maximum Gasteiger partial charge on any atom is 0.313 e. The predicted octanol–water partition coefficient (Wildman–Crippen LogP) is 2.66. The van der Waals surface area contributed by atoms with Crippen LogP contribution in [0.5, 0.6) is 0 Å². The number of esters is 1. The van der Waals surface area contributed by atoms with E-state index in [1.54, 1.807) is 0 Å². The summed E-state index contributed by atoms with van der Waals surface area (Å²) in [4.78, 5) is 12.8. The third kappa shape index (κ3) is 0.903. The van der Waals surface area contributed by atoms with Crippen molar-refractivity contribution in [2.45, 2.75) is 50.9 Å². The molecule has 3 heterocycles. The molecular formula is C18H18O3. The summed E-state index contributed by atoms with van der Waals surface area (Å²) in [5.41, 5.74) is 5.32. The molecule has 1 unspecified atom stereocenters. The van der Waals surface area contributed by atoms with Gasteiger partial charge in [0.05, 0.1) is 17.6 Å². The molecule has 1 spiro atoms. The van der Waals surface area contributed by atoms with E-state index < -0.39 is 0 Å². The number of carbonyl (C=O) groups excluding carboxylic acids is 1. The van der Waals surface area contributed by atoms with Gasteiger partial charge in [-0.2, -0.15) is 0 Å². The summed E-state index contributed by atoms with van der Waals surface area (Å²) in [5, 5.41) is 0. The number of hydrogen-bond donors (Lipinski definition) is 0. The fourth-order valence-electron chi connectivity index (χ4n) is 6.40. The smallest absolute Gasteiger partial charge is 0.313 e. The maximum absolute atomic E-state index is 12.8. The van der Waals surface area contributed by atoms with Gasteiger partial charge in [0.2, 0.25) is 0 Å². The topological polar surface area (TPSA) is 35.5 Å². The molecule has 108 valence electrons. The summed E-state index contributed by atoms with van der Waals surface area (Å²) in [7, 11) is 0.